The smallest absolute Gasteiger partial charge is 0.234 e. The second-order valence-electron chi connectivity index (χ2n) is 5.99. The van der Waals surface area contributed by atoms with Crippen LogP contribution < -0.4 is 10.1 Å². The van der Waals surface area contributed by atoms with Gasteiger partial charge in [-0.15, -0.1) is 0 Å². The lowest BCUT2D eigenvalue weighted by atomic mass is 9.82. The van der Waals surface area contributed by atoms with Gasteiger partial charge in [-0.1, -0.05) is 15.9 Å². The Balaban J connectivity index is 2.29. The highest BCUT2D eigenvalue weighted by Crippen LogP contribution is 2.50. The van der Waals surface area contributed by atoms with Gasteiger partial charge >= 0.3 is 0 Å². The first-order valence-corrected chi connectivity index (χ1v) is 7.70. The van der Waals surface area contributed by atoms with Crippen LogP contribution in [-0.2, 0) is 16.6 Å². The Morgan fingerprint density at radius 3 is 2.68 bits per heavy atom. The van der Waals surface area contributed by atoms with Crippen LogP contribution in [0.4, 0.5) is 5.69 Å². The number of amides is 1. The fourth-order valence-electron chi connectivity index (χ4n) is 3.07. The van der Waals surface area contributed by atoms with Crippen molar-refractivity contribution < 1.29 is 9.53 Å². The number of anilines is 1. The van der Waals surface area contributed by atoms with Gasteiger partial charge in [0, 0.05) is 22.9 Å². The van der Waals surface area contributed by atoms with Crippen LogP contribution in [0, 0.1) is 13.8 Å². The fraction of sp³-hybridized carbons (Fsp3) is 0.533. The number of benzene rings is 1. The molecule has 1 N–H and O–H groups in total. The van der Waals surface area contributed by atoms with Gasteiger partial charge in [0.2, 0.25) is 5.91 Å². The number of halogens is 1. The summed E-state index contributed by atoms with van der Waals surface area (Å²) in [7, 11) is 0. The first-order chi connectivity index (χ1) is 8.87. The summed E-state index contributed by atoms with van der Waals surface area (Å²) in [5.74, 6) is 0.996. The summed E-state index contributed by atoms with van der Waals surface area (Å²) in [5.41, 5.74) is 5.17. The normalized spacial score (nSPS) is 22.8. The number of hydrogen-bond acceptors (Lipinski definition) is 2. The van der Waals surface area contributed by atoms with Crippen LogP contribution in [-0.4, -0.2) is 17.3 Å². The summed E-state index contributed by atoms with van der Waals surface area (Å²) in [4.78, 5) is 12.2. The predicted octanol–water partition coefficient (Wildman–Crippen LogP) is 3.23. The number of hydrogen-bond donors (Lipinski definition) is 1. The lowest BCUT2D eigenvalue weighted by Crippen LogP contribution is -2.27. The molecule has 0 radical (unpaired) electrons. The van der Waals surface area contributed by atoms with Gasteiger partial charge in [-0.05, 0) is 38.8 Å². The highest BCUT2D eigenvalue weighted by Gasteiger charge is 2.45. The van der Waals surface area contributed by atoms with E-state index in [0.29, 0.717) is 0 Å². The molecule has 0 saturated carbocycles. The first kappa shape index (κ1) is 13.0. The minimum absolute atomic E-state index is 0.0595. The first-order valence-electron chi connectivity index (χ1n) is 6.58. The van der Waals surface area contributed by atoms with Crippen LogP contribution in [0.25, 0.3) is 0 Å². The van der Waals surface area contributed by atoms with Gasteiger partial charge in [-0.25, -0.2) is 0 Å². The van der Waals surface area contributed by atoms with Crippen LogP contribution in [0.2, 0.25) is 0 Å². The minimum Gasteiger partial charge on any atom is -0.489 e. The molecule has 0 saturated heterocycles. The third kappa shape index (κ3) is 1.59. The van der Waals surface area contributed by atoms with Crippen molar-refractivity contribution in [3.05, 3.63) is 22.3 Å². The van der Waals surface area contributed by atoms with Gasteiger partial charge in [0.1, 0.15) is 11.9 Å². The van der Waals surface area contributed by atoms with Gasteiger partial charge in [0.25, 0.3) is 0 Å². The summed E-state index contributed by atoms with van der Waals surface area (Å²) >= 11 is 3.49. The van der Waals surface area contributed by atoms with Crippen molar-refractivity contribution in [1.29, 1.82) is 0 Å². The maximum Gasteiger partial charge on any atom is 0.234 e. The van der Waals surface area contributed by atoms with E-state index in [1.54, 1.807) is 0 Å². The van der Waals surface area contributed by atoms with E-state index in [4.69, 9.17) is 4.74 Å². The topological polar surface area (TPSA) is 38.3 Å². The van der Waals surface area contributed by atoms with Crippen molar-refractivity contribution in [3.8, 4) is 5.75 Å². The molecule has 0 spiro atoms. The zero-order chi connectivity index (χ0) is 13.9. The highest BCUT2D eigenvalue weighted by atomic mass is 79.9. The van der Waals surface area contributed by atoms with E-state index in [1.807, 2.05) is 13.8 Å². The monoisotopic (exact) mass is 323 g/mol. The largest absolute Gasteiger partial charge is 0.489 e. The van der Waals surface area contributed by atoms with E-state index in [1.165, 1.54) is 16.7 Å². The fourth-order valence-corrected chi connectivity index (χ4v) is 3.43. The number of alkyl halides is 1. The standard InChI is InChI=1S/C15H18BrNO2/c1-7-8(2)12-11(15(3,4)14(18)17-12)13-10(7)5-9(6-16)19-13/h9H,5-6H2,1-4H3,(H,17,18). The number of ether oxygens (including phenoxy) is 1. The summed E-state index contributed by atoms with van der Waals surface area (Å²) in [6, 6.07) is 0. The second kappa shape index (κ2) is 3.98. The molecule has 2 aliphatic rings. The molecule has 0 aromatic heterocycles. The van der Waals surface area contributed by atoms with E-state index in [-0.39, 0.29) is 12.0 Å². The van der Waals surface area contributed by atoms with Gasteiger partial charge in [-0.3, -0.25) is 4.79 Å². The van der Waals surface area contributed by atoms with Crippen molar-refractivity contribution in [2.24, 2.45) is 0 Å². The second-order valence-corrected chi connectivity index (χ2v) is 6.63. The predicted molar refractivity (Wildman–Crippen MR) is 79.5 cm³/mol. The molecule has 3 nitrogen and oxygen atoms in total. The van der Waals surface area contributed by atoms with Gasteiger partial charge in [0.15, 0.2) is 0 Å². The van der Waals surface area contributed by atoms with Crippen molar-refractivity contribution >= 4 is 27.5 Å². The molecule has 0 fully saturated rings. The molecule has 0 aliphatic carbocycles. The molecule has 1 atom stereocenters. The van der Waals surface area contributed by atoms with Gasteiger partial charge < -0.3 is 10.1 Å². The average molecular weight is 324 g/mol. The maximum atomic E-state index is 12.2. The molecule has 1 amide bonds. The molecule has 2 aliphatic heterocycles. The Bertz CT molecular complexity index is 593. The summed E-state index contributed by atoms with van der Waals surface area (Å²) in [6.45, 7) is 8.13. The molecule has 0 bridgehead atoms. The van der Waals surface area contributed by atoms with Crippen LogP contribution in [0.1, 0.15) is 36.1 Å². The van der Waals surface area contributed by atoms with Crippen LogP contribution in [0.15, 0.2) is 0 Å². The van der Waals surface area contributed by atoms with Crippen LogP contribution in [0.5, 0.6) is 5.75 Å². The maximum absolute atomic E-state index is 12.2. The van der Waals surface area contributed by atoms with E-state index >= 15 is 0 Å². The average Bonchev–Trinajstić information content (AvgIpc) is 2.87. The SMILES string of the molecule is Cc1c(C)c2c(c3c1CC(CBr)O3)C(C)(C)C(=O)N2. The molecular formula is C15H18BrNO2. The number of carbonyl (C=O) groups is 1. The Labute approximate surface area is 121 Å². The molecule has 1 unspecified atom stereocenters. The molecule has 1 aromatic rings. The summed E-state index contributed by atoms with van der Waals surface area (Å²) in [5, 5.41) is 3.84. The molecule has 19 heavy (non-hydrogen) atoms. The number of nitrogens with one attached hydrogen (secondary N) is 1. The van der Waals surface area contributed by atoms with Gasteiger partial charge in [0.05, 0.1) is 11.1 Å². The van der Waals surface area contributed by atoms with Crippen molar-refractivity contribution in [2.45, 2.75) is 45.6 Å². The molecule has 2 heterocycles. The zero-order valence-corrected chi connectivity index (χ0v) is 13.3. The van der Waals surface area contributed by atoms with Crippen molar-refractivity contribution in [3.63, 3.8) is 0 Å². The lowest BCUT2D eigenvalue weighted by Gasteiger charge is -2.20. The third-order valence-electron chi connectivity index (χ3n) is 4.46. The number of rotatable bonds is 1. The lowest BCUT2D eigenvalue weighted by molar-refractivity contribution is -0.119. The zero-order valence-electron chi connectivity index (χ0n) is 11.7. The van der Waals surface area contributed by atoms with E-state index in [2.05, 4.69) is 35.1 Å². The molecule has 4 heteroatoms. The van der Waals surface area contributed by atoms with E-state index in [9.17, 15) is 4.79 Å². The number of carbonyl (C=O) groups excluding carboxylic acids is 1. The van der Waals surface area contributed by atoms with Gasteiger partial charge in [-0.2, -0.15) is 0 Å². The molecule has 1 aromatic carbocycles. The quantitative estimate of drug-likeness (QED) is 0.806. The third-order valence-corrected chi connectivity index (χ3v) is 5.18. The van der Waals surface area contributed by atoms with E-state index < -0.39 is 5.41 Å². The van der Waals surface area contributed by atoms with Crippen LogP contribution in [0.3, 0.4) is 0 Å². The Morgan fingerprint density at radius 2 is 2.05 bits per heavy atom. The van der Waals surface area contributed by atoms with E-state index in [0.717, 1.165) is 28.8 Å². The Morgan fingerprint density at radius 1 is 1.37 bits per heavy atom. The Kier molecular flexibility index (Phi) is 2.72. The van der Waals surface area contributed by atoms with Crippen molar-refractivity contribution in [1.82, 2.24) is 0 Å². The molecule has 3 rings (SSSR count). The summed E-state index contributed by atoms with van der Waals surface area (Å²) < 4.78 is 6.08. The summed E-state index contributed by atoms with van der Waals surface area (Å²) in [6.07, 6.45) is 1.09. The molecule has 102 valence electrons. The number of fused-ring (bicyclic) bond motifs is 3. The highest BCUT2D eigenvalue weighted by molar-refractivity contribution is 9.09. The Hall–Kier alpha value is -1.03. The minimum atomic E-state index is -0.515. The molecular weight excluding hydrogens is 306 g/mol. The van der Waals surface area contributed by atoms with Crippen molar-refractivity contribution in [2.75, 3.05) is 10.6 Å². The van der Waals surface area contributed by atoms with Crippen LogP contribution >= 0.6 is 15.9 Å².